The Morgan fingerprint density at radius 3 is 2.37 bits per heavy atom. The quantitative estimate of drug-likeness (QED) is 0.152. The van der Waals surface area contributed by atoms with Gasteiger partial charge in [-0.25, -0.2) is 9.69 Å². The van der Waals surface area contributed by atoms with Gasteiger partial charge in [-0.2, -0.15) is 0 Å². The summed E-state index contributed by atoms with van der Waals surface area (Å²) < 4.78 is 11.0. The van der Waals surface area contributed by atoms with Gasteiger partial charge in [-0.05, 0) is 54.7 Å². The minimum Gasteiger partial charge on any atom is -0.507 e. The molecular formula is C27H30N2O6. The van der Waals surface area contributed by atoms with Crippen molar-refractivity contribution in [2.24, 2.45) is 0 Å². The molecule has 0 aliphatic carbocycles. The van der Waals surface area contributed by atoms with Gasteiger partial charge >= 0.3 is 6.09 Å². The number of benzene rings is 3. The van der Waals surface area contributed by atoms with Crippen LogP contribution >= 0.6 is 0 Å². The maximum atomic E-state index is 12.5. The SMILES string of the molecule is CCCCCc1cc(OCN(C(=O)OC)c2ccc([N+](=O)[O-])cc2)c(-c2ccccc2)c(O)c1C. The van der Waals surface area contributed by atoms with Crippen LogP contribution in [-0.2, 0) is 11.2 Å². The second-order valence-corrected chi connectivity index (χ2v) is 8.15. The smallest absolute Gasteiger partial charge is 0.416 e. The highest BCUT2D eigenvalue weighted by molar-refractivity contribution is 5.87. The zero-order valence-corrected chi connectivity index (χ0v) is 20.2. The number of phenolic OH excluding ortho intramolecular Hbond substituents is 1. The van der Waals surface area contributed by atoms with Crippen LogP contribution in [0.4, 0.5) is 16.2 Å². The van der Waals surface area contributed by atoms with Crippen LogP contribution in [-0.4, -0.2) is 30.0 Å². The summed E-state index contributed by atoms with van der Waals surface area (Å²) in [5, 5.41) is 22.1. The number of aromatic hydroxyl groups is 1. The van der Waals surface area contributed by atoms with Crippen LogP contribution < -0.4 is 9.64 Å². The number of aryl methyl sites for hydroxylation is 1. The lowest BCUT2D eigenvalue weighted by atomic mass is 9.94. The van der Waals surface area contributed by atoms with Crippen molar-refractivity contribution in [2.45, 2.75) is 39.5 Å². The minimum atomic E-state index is -0.681. The Hall–Kier alpha value is -4.07. The molecule has 0 heterocycles. The number of hydrogen-bond donors (Lipinski definition) is 1. The predicted molar refractivity (Wildman–Crippen MR) is 135 cm³/mol. The first-order valence-corrected chi connectivity index (χ1v) is 11.5. The third kappa shape index (κ3) is 6.09. The zero-order chi connectivity index (χ0) is 25.4. The number of nitro benzene ring substituents is 1. The summed E-state index contributed by atoms with van der Waals surface area (Å²) in [6.07, 6.45) is 3.26. The number of rotatable bonds is 10. The van der Waals surface area contributed by atoms with Crippen molar-refractivity contribution in [2.75, 3.05) is 18.7 Å². The van der Waals surface area contributed by atoms with E-state index in [0.717, 1.165) is 42.4 Å². The maximum absolute atomic E-state index is 12.5. The molecule has 8 heteroatoms. The van der Waals surface area contributed by atoms with Crippen molar-refractivity contribution in [3.05, 3.63) is 81.9 Å². The number of phenols is 1. The molecule has 0 saturated carbocycles. The van der Waals surface area contributed by atoms with Gasteiger partial charge in [0.15, 0.2) is 6.73 Å². The molecule has 184 valence electrons. The lowest BCUT2D eigenvalue weighted by Crippen LogP contribution is -2.34. The van der Waals surface area contributed by atoms with Gasteiger partial charge in [-0.15, -0.1) is 0 Å². The molecule has 3 rings (SSSR count). The van der Waals surface area contributed by atoms with Gasteiger partial charge in [0.2, 0.25) is 0 Å². The highest BCUT2D eigenvalue weighted by Crippen LogP contribution is 2.42. The second-order valence-electron chi connectivity index (χ2n) is 8.15. The van der Waals surface area contributed by atoms with Crippen molar-refractivity contribution in [1.29, 1.82) is 0 Å². The summed E-state index contributed by atoms with van der Waals surface area (Å²) in [6, 6.07) is 16.9. The fourth-order valence-corrected chi connectivity index (χ4v) is 3.85. The van der Waals surface area contributed by atoms with E-state index in [4.69, 9.17) is 9.47 Å². The van der Waals surface area contributed by atoms with Crippen LogP contribution in [0.5, 0.6) is 11.5 Å². The Labute approximate surface area is 204 Å². The monoisotopic (exact) mass is 478 g/mol. The number of carbonyl (C=O) groups excluding carboxylic acids is 1. The standard InChI is InChI=1S/C27H30N2O6/c1-4-5-7-12-21-17-24(25(26(30)19(21)2)20-10-8-6-9-11-20)35-18-28(27(31)34-3)22-13-15-23(16-14-22)29(32)33/h6,8-11,13-17,30H,4-5,7,12,18H2,1-3H3. The number of anilines is 1. The summed E-state index contributed by atoms with van der Waals surface area (Å²) in [7, 11) is 1.25. The van der Waals surface area contributed by atoms with Gasteiger partial charge in [0.05, 0.1) is 23.3 Å². The molecule has 1 amide bonds. The highest BCUT2D eigenvalue weighted by atomic mass is 16.6. The van der Waals surface area contributed by atoms with Crippen molar-refractivity contribution < 1.29 is 24.3 Å². The third-order valence-electron chi connectivity index (χ3n) is 5.85. The lowest BCUT2D eigenvalue weighted by Gasteiger charge is -2.24. The van der Waals surface area contributed by atoms with E-state index in [1.807, 2.05) is 43.3 Å². The third-order valence-corrected chi connectivity index (χ3v) is 5.85. The Bertz CT molecular complexity index is 1160. The topological polar surface area (TPSA) is 102 Å². The second kappa shape index (κ2) is 11.9. The molecule has 0 atom stereocenters. The largest absolute Gasteiger partial charge is 0.507 e. The van der Waals surface area contributed by atoms with Crippen LogP contribution in [0, 0.1) is 17.0 Å². The Morgan fingerprint density at radius 1 is 1.09 bits per heavy atom. The van der Waals surface area contributed by atoms with E-state index in [1.165, 1.54) is 36.3 Å². The molecule has 35 heavy (non-hydrogen) atoms. The lowest BCUT2D eigenvalue weighted by molar-refractivity contribution is -0.384. The van der Waals surface area contributed by atoms with Gasteiger partial charge in [0, 0.05) is 12.1 Å². The Morgan fingerprint density at radius 2 is 1.77 bits per heavy atom. The van der Waals surface area contributed by atoms with Gasteiger partial charge in [0.25, 0.3) is 5.69 Å². The van der Waals surface area contributed by atoms with E-state index in [2.05, 4.69) is 6.92 Å². The van der Waals surface area contributed by atoms with Crippen molar-refractivity contribution >= 4 is 17.5 Å². The molecule has 3 aromatic rings. The molecule has 0 spiro atoms. The number of hydrogen-bond acceptors (Lipinski definition) is 6. The van der Waals surface area contributed by atoms with E-state index in [-0.39, 0.29) is 18.2 Å². The van der Waals surface area contributed by atoms with Crippen LogP contribution in [0.15, 0.2) is 60.7 Å². The normalized spacial score (nSPS) is 10.6. The minimum absolute atomic E-state index is 0.0916. The molecule has 0 aromatic heterocycles. The van der Waals surface area contributed by atoms with Gasteiger partial charge in [0.1, 0.15) is 11.5 Å². The molecule has 8 nitrogen and oxygen atoms in total. The fourth-order valence-electron chi connectivity index (χ4n) is 3.85. The number of amides is 1. The van der Waals surface area contributed by atoms with Crippen LogP contribution in [0.2, 0.25) is 0 Å². The number of nitro groups is 1. The number of ether oxygens (including phenoxy) is 2. The molecule has 3 aromatic carbocycles. The Kier molecular flexibility index (Phi) is 8.67. The van der Waals surface area contributed by atoms with E-state index in [9.17, 15) is 20.0 Å². The van der Waals surface area contributed by atoms with Gasteiger partial charge in [-0.3, -0.25) is 10.1 Å². The zero-order valence-electron chi connectivity index (χ0n) is 20.2. The van der Waals surface area contributed by atoms with Gasteiger partial charge < -0.3 is 14.6 Å². The fraction of sp³-hybridized carbons (Fsp3) is 0.296. The van der Waals surface area contributed by atoms with E-state index in [1.54, 1.807) is 0 Å². The molecule has 1 N–H and O–H groups in total. The van der Waals surface area contributed by atoms with Gasteiger partial charge in [-0.1, -0.05) is 50.1 Å². The molecule has 0 bridgehead atoms. The van der Waals surface area contributed by atoms with Crippen molar-refractivity contribution in [3.63, 3.8) is 0 Å². The molecule has 0 aliphatic rings. The molecule has 0 saturated heterocycles. The summed E-state index contributed by atoms with van der Waals surface area (Å²) >= 11 is 0. The van der Waals surface area contributed by atoms with E-state index in [0.29, 0.717) is 17.0 Å². The van der Waals surface area contributed by atoms with Crippen LogP contribution in [0.25, 0.3) is 11.1 Å². The maximum Gasteiger partial charge on any atom is 0.416 e. The van der Waals surface area contributed by atoms with Crippen molar-refractivity contribution in [3.8, 4) is 22.6 Å². The first-order valence-electron chi connectivity index (χ1n) is 11.5. The predicted octanol–water partition coefficient (Wildman–Crippen LogP) is 6.62. The van der Waals surface area contributed by atoms with Crippen LogP contribution in [0.3, 0.4) is 0 Å². The summed E-state index contributed by atoms with van der Waals surface area (Å²) in [5.74, 6) is 0.571. The van der Waals surface area contributed by atoms with E-state index < -0.39 is 11.0 Å². The Balaban J connectivity index is 1.99. The average Bonchev–Trinajstić information content (AvgIpc) is 2.87. The number of nitrogens with zero attached hydrogens (tertiary/aromatic N) is 2. The summed E-state index contributed by atoms with van der Waals surface area (Å²) in [5.41, 5.74) is 3.38. The number of unbranched alkanes of at least 4 members (excludes halogenated alkanes) is 2. The van der Waals surface area contributed by atoms with Crippen LogP contribution in [0.1, 0.15) is 37.3 Å². The van der Waals surface area contributed by atoms with Crippen molar-refractivity contribution in [1.82, 2.24) is 0 Å². The molecule has 0 unspecified atom stereocenters. The molecule has 0 aliphatic heterocycles. The van der Waals surface area contributed by atoms with E-state index >= 15 is 0 Å². The number of methoxy groups -OCH3 is 1. The molecule has 0 radical (unpaired) electrons. The summed E-state index contributed by atoms with van der Waals surface area (Å²) in [6.45, 7) is 3.81. The first-order chi connectivity index (χ1) is 16.9. The first kappa shape index (κ1) is 25.6. The molecule has 0 fully saturated rings. The molecular weight excluding hydrogens is 448 g/mol. The highest BCUT2D eigenvalue weighted by Gasteiger charge is 2.22. The average molecular weight is 479 g/mol. The number of carbonyl (C=O) groups is 1. The summed E-state index contributed by atoms with van der Waals surface area (Å²) in [4.78, 5) is 24.2. The number of non-ortho nitro benzene ring substituents is 1.